The molecule has 0 spiro atoms. The van der Waals surface area contributed by atoms with Gasteiger partial charge in [0.15, 0.2) is 5.82 Å². The summed E-state index contributed by atoms with van der Waals surface area (Å²) in [7, 11) is 1.89. The highest BCUT2D eigenvalue weighted by Gasteiger charge is 2.25. The second kappa shape index (κ2) is 5.00. The van der Waals surface area contributed by atoms with Gasteiger partial charge in [0.2, 0.25) is 0 Å². The average molecular weight is 270 g/mol. The van der Waals surface area contributed by atoms with E-state index in [1.807, 2.05) is 36.2 Å². The lowest BCUT2D eigenvalue weighted by atomic mass is 10.2. The summed E-state index contributed by atoms with van der Waals surface area (Å²) >= 11 is 0. The molecule has 2 aromatic rings. The standard InChI is InChI=1S/C15H18N4O/c1-18(10-11-2-4-12(16)5-3-11)14-15(20)19(9-8-17-14)13-6-7-13/h2-5,8-9,13H,6-7,10,16H2,1H3. The summed E-state index contributed by atoms with van der Waals surface area (Å²) in [4.78, 5) is 18.5. The van der Waals surface area contributed by atoms with Crippen LogP contribution in [0.1, 0.15) is 24.4 Å². The zero-order chi connectivity index (χ0) is 14.1. The van der Waals surface area contributed by atoms with Crippen LogP contribution in [0.3, 0.4) is 0 Å². The van der Waals surface area contributed by atoms with Gasteiger partial charge in [0, 0.05) is 37.7 Å². The van der Waals surface area contributed by atoms with Gasteiger partial charge in [0.05, 0.1) is 0 Å². The predicted molar refractivity (Wildman–Crippen MR) is 79.7 cm³/mol. The molecule has 3 rings (SSSR count). The molecule has 20 heavy (non-hydrogen) atoms. The normalized spacial score (nSPS) is 14.2. The van der Waals surface area contributed by atoms with Gasteiger partial charge in [-0.05, 0) is 30.5 Å². The molecule has 1 saturated carbocycles. The Labute approximate surface area is 117 Å². The molecule has 0 bridgehead atoms. The van der Waals surface area contributed by atoms with Gasteiger partial charge >= 0.3 is 0 Å². The maximum absolute atomic E-state index is 12.4. The molecule has 1 aromatic heterocycles. The molecule has 1 aromatic carbocycles. The first-order valence-corrected chi connectivity index (χ1v) is 6.78. The molecule has 0 aliphatic heterocycles. The Morgan fingerprint density at radius 2 is 2.05 bits per heavy atom. The molecule has 1 heterocycles. The highest BCUT2D eigenvalue weighted by atomic mass is 16.1. The van der Waals surface area contributed by atoms with Crippen LogP contribution in [0.5, 0.6) is 0 Å². The monoisotopic (exact) mass is 270 g/mol. The number of rotatable bonds is 4. The van der Waals surface area contributed by atoms with E-state index in [-0.39, 0.29) is 5.56 Å². The highest BCUT2D eigenvalue weighted by Crippen LogP contribution is 2.33. The lowest BCUT2D eigenvalue weighted by molar-refractivity contribution is 0.690. The van der Waals surface area contributed by atoms with Crippen LogP contribution in [0.25, 0.3) is 0 Å². The van der Waals surface area contributed by atoms with Crippen molar-refractivity contribution in [1.82, 2.24) is 9.55 Å². The van der Waals surface area contributed by atoms with E-state index in [1.54, 1.807) is 17.0 Å². The van der Waals surface area contributed by atoms with Gasteiger partial charge in [0.25, 0.3) is 5.56 Å². The minimum Gasteiger partial charge on any atom is -0.399 e. The van der Waals surface area contributed by atoms with Crippen molar-refractivity contribution in [2.24, 2.45) is 0 Å². The first-order chi connectivity index (χ1) is 9.65. The smallest absolute Gasteiger partial charge is 0.293 e. The Morgan fingerprint density at radius 1 is 1.35 bits per heavy atom. The van der Waals surface area contributed by atoms with Crippen molar-refractivity contribution in [3.63, 3.8) is 0 Å². The minimum absolute atomic E-state index is 0.00653. The molecule has 1 aliphatic carbocycles. The topological polar surface area (TPSA) is 64.2 Å². The Hall–Kier alpha value is -2.30. The molecule has 1 aliphatic rings. The number of hydrogen-bond acceptors (Lipinski definition) is 4. The van der Waals surface area contributed by atoms with Gasteiger partial charge < -0.3 is 15.2 Å². The lowest BCUT2D eigenvalue weighted by Gasteiger charge is -2.18. The van der Waals surface area contributed by atoms with Crippen LogP contribution in [0.2, 0.25) is 0 Å². The fourth-order valence-electron chi connectivity index (χ4n) is 2.29. The van der Waals surface area contributed by atoms with E-state index < -0.39 is 0 Å². The molecule has 0 unspecified atom stereocenters. The molecular formula is C15H18N4O. The summed E-state index contributed by atoms with van der Waals surface area (Å²) < 4.78 is 1.79. The minimum atomic E-state index is -0.00653. The maximum Gasteiger partial charge on any atom is 0.293 e. The molecule has 2 N–H and O–H groups in total. The molecule has 5 heteroatoms. The Balaban J connectivity index is 1.83. The van der Waals surface area contributed by atoms with Crippen LogP contribution < -0.4 is 16.2 Å². The highest BCUT2D eigenvalue weighted by molar-refractivity contribution is 5.42. The van der Waals surface area contributed by atoms with Crippen molar-refractivity contribution in [2.45, 2.75) is 25.4 Å². The number of nitrogens with zero attached hydrogens (tertiary/aromatic N) is 3. The van der Waals surface area contributed by atoms with E-state index in [1.165, 1.54) is 0 Å². The Kier molecular flexibility index (Phi) is 3.18. The van der Waals surface area contributed by atoms with Gasteiger partial charge in [-0.1, -0.05) is 12.1 Å². The number of nitrogen functional groups attached to an aromatic ring is 1. The summed E-state index contributed by atoms with van der Waals surface area (Å²) in [5.74, 6) is 0.497. The number of anilines is 2. The fourth-order valence-corrected chi connectivity index (χ4v) is 2.29. The first-order valence-electron chi connectivity index (χ1n) is 6.78. The van der Waals surface area contributed by atoms with Crippen molar-refractivity contribution in [1.29, 1.82) is 0 Å². The molecule has 0 atom stereocenters. The third-order valence-corrected chi connectivity index (χ3v) is 3.55. The van der Waals surface area contributed by atoms with Crippen LogP contribution >= 0.6 is 0 Å². The fraction of sp³-hybridized carbons (Fsp3) is 0.333. The zero-order valence-electron chi connectivity index (χ0n) is 11.5. The van der Waals surface area contributed by atoms with Crippen LogP contribution in [-0.2, 0) is 6.54 Å². The first kappa shape index (κ1) is 12.7. The summed E-state index contributed by atoms with van der Waals surface area (Å²) in [5, 5.41) is 0. The van der Waals surface area contributed by atoms with E-state index in [0.717, 1.165) is 24.1 Å². The van der Waals surface area contributed by atoms with Crippen molar-refractivity contribution in [3.8, 4) is 0 Å². The van der Waals surface area contributed by atoms with Gasteiger partial charge in [-0.25, -0.2) is 4.98 Å². The van der Waals surface area contributed by atoms with Crippen molar-refractivity contribution in [2.75, 3.05) is 17.7 Å². The van der Waals surface area contributed by atoms with Crippen LogP contribution in [0.15, 0.2) is 41.5 Å². The third kappa shape index (κ3) is 2.52. The van der Waals surface area contributed by atoms with Gasteiger partial charge in [-0.3, -0.25) is 4.79 Å². The van der Waals surface area contributed by atoms with Crippen LogP contribution in [-0.4, -0.2) is 16.6 Å². The number of hydrogen-bond donors (Lipinski definition) is 1. The Bertz CT molecular complexity index is 658. The van der Waals surface area contributed by atoms with Gasteiger partial charge in [-0.15, -0.1) is 0 Å². The molecule has 0 amide bonds. The van der Waals surface area contributed by atoms with Crippen molar-refractivity contribution in [3.05, 3.63) is 52.6 Å². The molecule has 1 fully saturated rings. The maximum atomic E-state index is 12.4. The van der Waals surface area contributed by atoms with E-state index in [4.69, 9.17) is 5.73 Å². The summed E-state index contributed by atoms with van der Waals surface area (Å²) in [6, 6.07) is 8.03. The van der Waals surface area contributed by atoms with Crippen LogP contribution in [0.4, 0.5) is 11.5 Å². The van der Waals surface area contributed by atoms with Gasteiger partial charge in [-0.2, -0.15) is 0 Å². The van der Waals surface area contributed by atoms with E-state index >= 15 is 0 Å². The second-order valence-electron chi connectivity index (χ2n) is 5.29. The van der Waals surface area contributed by atoms with Gasteiger partial charge in [0.1, 0.15) is 0 Å². The molecule has 5 nitrogen and oxygen atoms in total. The quantitative estimate of drug-likeness (QED) is 0.860. The number of aromatic nitrogens is 2. The van der Waals surface area contributed by atoms with E-state index in [9.17, 15) is 4.79 Å². The van der Waals surface area contributed by atoms with E-state index in [0.29, 0.717) is 18.4 Å². The number of benzene rings is 1. The van der Waals surface area contributed by atoms with Crippen LogP contribution in [0, 0.1) is 0 Å². The Morgan fingerprint density at radius 3 is 2.70 bits per heavy atom. The second-order valence-corrected chi connectivity index (χ2v) is 5.29. The molecule has 0 saturated heterocycles. The summed E-state index contributed by atoms with van der Waals surface area (Å²) in [5.41, 5.74) is 7.51. The average Bonchev–Trinajstić information content (AvgIpc) is 3.26. The third-order valence-electron chi connectivity index (χ3n) is 3.55. The van der Waals surface area contributed by atoms with Crippen molar-refractivity contribution < 1.29 is 0 Å². The zero-order valence-corrected chi connectivity index (χ0v) is 11.5. The summed E-state index contributed by atoms with van der Waals surface area (Å²) in [6.07, 6.45) is 5.66. The van der Waals surface area contributed by atoms with E-state index in [2.05, 4.69) is 4.98 Å². The van der Waals surface area contributed by atoms with Crippen molar-refractivity contribution >= 4 is 11.5 Å². The predicted octanol–water partition coefficient (Wildman–Crippen LogP) is 1.80. The lowest BCUT2D eigenvalue weighted by Crippen LogP contribution is -2.29. The molecule has 104 valence electrons. The largest absolute Gasteiger partial charge is 0.399 e. The SMILES string of the molecule is CN(Cc1ccc(N)cc1)c1nccn(C2CC2)c1=O. The summed E-state index contributed by atoms with van der Waals surface area (Å²) in [6.45, 7) is 0.636. The molecular weight excluding hydrogens is 252 g/mol. The molecule has 0 radical (unpaired) electrons. The number of nitrogens with two attached hydrogens (primary N) is 1.